The van der Waals surface area contributed by atoms with E-state index in [-0.39, 0.29) is 11.4 Å². The molecule has 0 spiro atoms. The predicted octanol–water partition coefficient (Wildman–Crippen LogP) is -0.227. The van der Waals surface area contributed by atoms with Crippen LogP contribution in [-0.2, 0) is 4.79 Å². The molecule has 1 heterocycles. The molecule has 0 fully saturated rings. The molecule has 0 saturated carbocycles. The van der Waals surface area contributed by atoms with E-state index >= 15 is 0 Å². The van der Waals surface area contributed by atoms with Gasteiger partial charge in [-0.05, 0) is 26.0 Å². The second-order valence-corrected chi connectivity index (χ2v) is 4.16. The second-order valence-electron chi connectivity index (χ2n) is 4.16. The number of hydrogen-bond donors (Lipinski definition) is 3. The molecule has 0 radical (unpaired) electrons. The number of pyridine rings is 1. The molecule has 18 heavy (non-hydrogen) atoms. The maximum atomic E-state index is 11.8. The monoisotopic (exact) mass is 251 g/mol. The van der Waals surface area contributed by atoms with Crippen molar-refractivity contribution in [3.8, 4) is 0 Å². The van der Waals surface area contributed by atoms with E-state index in [1.807, 2.05) is 0 Å². The lowest BCUT2D eigenvalue weighted by molar-refractivity contribution is -0.122. The molecule has 96 valence electrons. The summed E-state index contributed by atoms with van der Waals surface area (Å²) in [7, 11) is 0. The summed E-state index contributed by atoms with van der Waals surface area (Å²) < 4.78 is 0. The number of amides is 2. The summed E-state index contributed by atoms with van der Waals surface area (Å²) in [6.45, 7) is 2.88. The van der Waals surface area contributed by atoms with Crippen LogP contribution in [0.1, 0.15) is 34.8 Å². The summed E-state index contributed by atoms with van der Waals surface area (Å²) in [5.41, 5.74) is 3.52. The Bertz CT molecular complexity index is 511. The number of aromatic nitrogens is 1. The van der Waals surface area contributed by atoms with Gasteiger partial charge in [0.2, 0.25) is 5.91 Å². The van der Waals surface area contributed by atoms with Gasteiger partial charge in [-0.25, -0.2) is 9.78 Å². The van der Waals surface area contributed by atoms with Crippen molar-refractivity contribution in [1.29, 1.82) is 0 Å². The van der Waals surface area contributed by atoms with Crippen LogP contribution in [0, 0.1) is 0 Å². The Kier molecular flexibility index (Phi) is 3.65. The molecule has 0 saturated heterocycles. The molecule has 0 bridgehead atoms. The Hall–Kier alpha value is -2.44. The smallest absolute Gasteiger partial charge is 0.354 e. The Morgan fingerprint density at radius 3 is 2.33 bits per heavy atom. The van der Waals surface area contributed by atoms with Gasteiger partial charge in [0.25, 0.3) is 5.91 Å². The standard InChI is InChI=1S/C11H13N3O4/c1-11(2,10(12)18)14-8(15)6-4-3-5-7(13-6)9(16)17/h3-5H,1-2H3,(H2,12,18)(H,14,15)(H,16,17). The van der Waals surface area contributed by atoms with Crippen LogP contribution in [0.3, 0.4) is 0 Å². The minimum atomic E-state index is -1.24. The van der Waals surface area contributed by atoms with Crippen LogP contribution in [0.15, 0.2) is 18.2 Å². The normalized spacial score (nSPS) is 10.8. The molecule has 0 aliphatic heterocycles. The number of hydrogen-bond acceptors (Lipinski definition) is 4. The maximum absolute atomic E-state index is 11.8. The fourth-order valence-electron chi connectivity index (χ4n) is 1.09. The van der Waals surface area contributed by atoms with E-state index in [1.54, 1.807) is 0 Å². The average Bonchev–Trinajstić information content (AvgIpc) is 2.28. The van der Waals surface area contributed by atoms with Crippen LogP contribution >= 0.6 is 0 Å². The fourth-order valence-corrected chi connectivity index (χ4v) is 1.09. The number of carbonyl (C=O) groups is 3. The zero-order chi connectivity index (χ0) is 13.9. The third-order valence-electron chi connectivity index (χ3n) is 2.24. The Morgan fingerprint density at radius 1 is 1.28 bits per heavy atom. The van der Waals surface area contributed by atoms with Gasteiger partial charge in [-0.15, -0.1) is 0 Å². The van der Waals surface area contributed by atoms with Crippen LogP contribution in [0.2, 0.25) is 0 Å². The van der Waals surface area contributed by atoms with Gasteiger partial charge in [-0.2, -0.15) is 0 Å². The summed E-state index contributed by atoms with van der Waals surface area (Å²) in [4.78, 5) is 37.2. The highest BCUT2D eigenvalue weighted by molar-refractivity contribution is 5.98. The van der Waals surface area contributed by atoms with Gasteiger partial charge in [0, 0.05) is 0 Å². The molecule has 7 heteroatoms. The maximum Gasteiger partial charge on any atom is 0.354 e. The summed E-state index contributed by atoms with van der Waals surface area (Å²) in [5, 5.41) is 11.1. The molecular weight excluding hydrogens is 238 g/mol. The highest BCUT2D eigenvalue weighted by atomic mass is 16.4. The molecule has 7 nitrogen and oxygen atoms in total. The molecule has 0 aliphatic rings. The number of carbonyl (C=O) groups excluding carboxylic acids is 2. The molecule has 2 amide bonds. The van der Waals surface area contributed by atoms with Crippen molar-refractivity contribution in [1.82, 2.24) is 10.3 Å². The number of primary amides is 1. The Balaban J connectivity index is 2.95. The van der Waals surface area contributed by atoms with Crippen LogP contribution in [-0.4, -0.2) is 33.4 Å². The van der Waals surface area contributed by atoms with Gasteiger partial charge in [0.1, 0.15) is 16.9 Å². The minimum Gasteiger partial charge on any atom is -0.477 e. The minimum absolute atomic E-state index is 0.0933. The first-order valence-electron chi connectivity index (χ1n) is 5.07. The van der Waals surface area contributed by atoms with E-state index in [0.717, 1.165) is 0 Å². The number of nitrogens with zero attached hydrogens (tertiary/aromatic N) is 1. The third-order valence-corrected chi connectivity index (χ3v) is 2.24. The lowest BCUT2D eigenvalue weighted by Gasteiger charge is -2.21. The van der Waals surface area contributed by atoms with Gasteiger partial charge in [0.05, 0.1) is 0 Å². The van der Waals surface area contributed by atoms with Gasteiger partial charge < -0.3 is 16.2 Å². The zero-order valence-corrected chi connectivity index (χ0v) is 9.93. The van der Waals surface area contributed by atoms with Crippen molar-refractivity contribution in [3.05, 3.63) is 29.6 Å². The summed E-state index contributed by atoms with van der Waals surface area (Å²) in [6, 6.07) is 4.00. The number of aromatic carboxylic acids is 1. The summed E-state index contributed by atoms with van der Waals surface area (Å²) >= 11 is 0. The van der Waals surface area contributed by atoms with Crippen molar-refractivity contribution >= 4 is 17.8 Å². The van der Waals surface area contributed by atoms with Crippen molar-refractivity contribution in [2.24, 2.45) is 5.73 Å². The number of nitrogens with two attached hydrogens (primary N) is 1. The highest BCUT2D eigenvalue weighted by Crippen LogP contribution is 2.05. The molecule has 1 aromatic heterocycles. The number of rotatable bonds is 4. The highest BCUT2D eigenvalue weighted by Gasteiger charge is 2.27. The first-order valence-corrected chi connectivity index (χ1v) is 5.07. The van der Waals surface area contributed by atoms with Crippen molar-refractivity contribution in [2.75, 3.05) is 0 Å². The van der Waals surface area contributed by atoms with Gasteiger partial charge in [0.15, 0.2) is 0 Å². The second kappa shape index (κ2) is 4.82. The quantitative estimate of drug-likeness (QED) is 0.682. The van der Waals surface area contributed by atoms with E-state index in [4.69, 9.17) is 10.8 Å². The lowest BCUT2D eigenvalue weighted by atomic mass is 10.0. The van der Waals surface area contributed by atoms with E-state index in [0.29, 0.717) is 0 Å². The van der Waals surface area contributed by atoms with Gasteiger partial charge in [-0.3, -0.25) is 9.59 Å². The van der Waals surface area contributed by atoms with E-state index in [2.05, 4.69) is 10.3 Å². The summed E-state index contributed by atoms with van der Waals surface area (Å²) in [5.74, 6) is -2.61. The molecule has 4 N–H and O–H groups in total. The number of carboxylic acid groups (broad SMARTS) is 1. The number of carboxylic acids is 1. The molecule has 0 aliphatic carbocycles. The molecule has 0 unspecified atom stereocenters. The summed E-state index contributed by atoms with van der Waals surface area (Å²) in [6.07, 6.45) is 0. The lowest BCUT2D eigenvalue weighted by Crippen LogP contribution is -2.53. The van der Waals surface area contributed by atoms with Crippen LogP contribution < -0.4 is 11.1 Å². The van der Waals surface area contributed by atoms with E-state index < -0.39 is 23.3 Å². The molecule has 0 atom stereocenters. The first kappa shape index (κ1) is 13.6. The molecule has 1 rings (SSSR count). The predicted molar refractivity (Wildman–Crippen MR) is 61.9 cm³/mol. The van der Waals surface area contributed by atoms with Gasteiger partial charge in [-0.1, -0.05) is 6.07 Å². The molecular formula is C11H13N3O4. The molecule has 0 aromatic carbocycles. The van der Waals surface area contributed by atoms with E-state index in [1.165, 1.54) is 32.0 Å². The largest absolute Gasteiger partial charge is 0.477 e. The van der Waals surface area contributed by atoms with Crippen LogP contribution in [0.5, 0.6) is 0 Å². The van der Waals surface area contributed by atoms with Gasteiger partial charge >= 0.3 is 5.97 Å². The van der Waals surface area contributed by atoms with Crippen molar-refractivity contribution in [2.45, 2.75) is 19.4 Å². The zero-order valence-electron chi connectivity index (χ0n) is 9.93. The van der Waals surface area contributed by atoms with Crippen molar-refractivity contribution in [3.63, 3.8) is 0 Å². The number of nitrogens with one attached hydrogen (secondary N) is 1. The van der Waals surface area contributed by atoms with Crippen LogP contribution in [0.4, 0.5) is 0 Å². The average molecular weight is 251 g/mol. The Morgan fingerprint density at radius 2 is 1.83 bits per heavy atom. The van der Waals surface area contributed by atoms with Crippen LogP contribution in [0.25, 0.3) is 0 Å². The SMILES string of the molecule is CC(C)(NC(=O)c1cccc(C(=O)O)n1)C(N)=O. The first-order chi connectivity index (χ1) is 8.24. The van der Waals surface area contributed by atoms with E-state index in [9.17, 15) is 14.4 Å². The Labute approximate surface area is 103 Å². The third kappa shape index (κ3) is 3.03. The topological polar surface area (TPSA) is 122 Å². The molecule has 1 aromatic rings. The fraction of sp³-hybridized carbons (Fsp3) is 0.273. The van der Waals surface area contributed by atoms with Crippen molar-refractivity contribution < 1.29 is 19.5 Å².